The van der Waals surface area contributed by atoms with E-state index in [1.807, 2.05) is 48.5 Å². The van der Waals surface area contributed by atoms with E-state index in [0.717, 1.165) is 10.0 Å². The predicted molar refractivity (Wildman–Crippen MR) is 81.8 cm³/mol. The van der Waals surface area contributed by atoms with Gasteiger partial charge in [-0.2, -0.15) is 0 Å². The third-order valence-electron chi connectivity index (χ3n) is 3.08. The second-order valence-corrected chi connectivity index (χ2v) is 5.21. The summed E-state index contributed by atoms with van der Waals surface area (Å²) in [6, 6.07) is 16.7. The smallest absolute Gasteiger partial charge is 0.336 e. The monoisotopic (exact) mass is 327 g/mol. The molecule has 0 aliphatic rings. The maximum absolute atomic E-state index is 11.5. The zero-order valence-corrected chi connectivity index (χ0v) is 12.0. The van der Waals surface area contributed by atoms with Gasteiger partial charge in [0.15, 0.2) is 0 Å². The molecule has 3 rings (SSSR count). The molecule has 1 N–H and O–H groups in total. The Labute approximate surface area is 124 Å². The lowest BCUT2D eigenvalue weighted by atomic mass is 10.0. The molecule has 3 aromatic rings. The van der Waals surface area contributed by atoms with Crippen molar-refractivity contribution in [2.45, 2.75) is 0 Å². The minimum absolute atomic E-state index is 0.251. The molecular weight excluding hydrogens is 318 g/mol. The van der Waals surface area contributed by atoms with Gasteiger partial charge in [0, 0.05) is 15.4 Å². The highest BCUT2D eigenvalue weighted by atomic mass is 79.9. The van der Waals surface area contributed by atoms with Crippen LogP contribution in [-0.2, 0) is 0 Å². The Kier molecular flexibility index (Phi) is 3.24. The number of carboxylic acid groups (broad SMARTS) is 1. The molecule has 98 valence electrons. The highest BCUT2D eigenvalue weighted by Gasteiger charge is 2.14. The van der Waals surface area contributed by atoms with Crippen molar-refractivity contribution in [1.82, 2.24) is 4.98 Å². The van der Waals surface area contributed by atoms with Crippen molar-refractivity contribution in [2.75, 3.05) is 0 Å². The number of carbonyl (C=O) groups is 1. The number of aromatic carboxylic acids is 1. The zero-order chi connectivity index (χ0) is 14.1. The molecule has 3 nitrogen and oxygen atoms in total. The molecule has 0 fully saturated rings. The number of hydrogen-bond donors (Lipinski definition) is 1. The van der Waals surface area contributed by atoms with Gasteiger partial charge in [-0.15, -0.1) is 0 Å². The summed E-state index contributed by atoms with van der Waals surface area (Å²) in [6.45, 7) is 0. The van der Waals surface area contributed by atoms with Crippen LogP contribution < -0.4 is 0 Å². The normalized spacial score (nSPS) is 10.7. The Hall–Kier alpha value is -2.20. The van der Waals surface area contributed by atoms with Crippen LogP contribution in [0.1, 0.15) is 10.4 Å². The molecule has 1 heterocycles. The van der Waals surface area contributed by atoms with Crippen LogP contribution in [-0.4, -0.2) is 16.1 Å². The number of rotatable bonds is 2. The third-order valence-corrected chi connectivity index (χ3v) is 3.74. The second-order valence-electron chi connectivity index (χ2n) is 4.36. The van der Waals surface area contributed by atoms with Crippen LogP contribution in [0.15, 0.2) is 59.1 Å². The highest BCUT2D eigenvalue weighted by Crippen LogP contribution is 2.29. The van der Waals surface area contributed by atoms with E-state index in [1.54, 1.807) is 6.07 Å². The lowest BCUT2D eigenvalue weighted by Crippen LogP contribution is -2.00. The van der Waals surface area contributed by atoms with Gasteiger partial charge in [0.2, 0.25) is 0 Å². The van der Waals surface area contributed by atoms with Gasteiger partial charge in [0.1, 0.15) is 0 Å². The van der Waals surface area contributed by atoms with Gasteiger partial charge in [0.25, 0.3) is 0 Å². The summed E-state index contributed by atoms with van der Waals surface area (Å²) < 4.78 is 0.736. The van der Waals surface area contributed by atoms with Gasteiger partial charge in [-0.1, -0.05) is 52.3 Å². The summed E-state index contributed by atoms with van der Waals surface area (Å²) in [7, 11) is 0. The maximum atomic E-state index is 11.5. The Bertz CT molecular complexity index is 800. The molecule has 0 spiro atoms. The van der Waals surface area contributed by atoms with Crippen LogP contribution in [0, 0.1) is 0 Å². The maximum Gasteiger partial charge on any atom is 0.336 e. The van der Waals surface area contributed by atoms with Gasteiger partial charge in [-0.25, -0.2) is 9.78 Å². The summed E-state index contributed by atoms with van der Waals surface area (Å²) in [5, 5.41) is 10.1. The minimum atomic E-state index is -0.957. The van der Waals surface area contributed by atoms with E-state index in [0.29, 0.717) is 16.6 Å². The molecule has 20 heavy (non-hydrogen) atoms. The van der Waals surface area contributed by atoms with E-state index >= 15 is 0 Å². The van der Waals surface area contributed by atoms with Gasteiger partial charge in [-0.3, -0.25) is 0 Å². The van der Waals surface area contributed by atoms with Crippen LogP contribution >= 0.6 is 15.9 Å². The predicted octanol–water partition coefficient (Wildman–Crippen LogP) is 4.36. The molecule has 0 aliphatic carbocycles. The first-order valence-electron chi connectivity index (χ1n) is 6.05. The van der Waals surface area contributed by atoms with Crippen molar-refractivity contribution in [2.24, 2.45) is 0 Å². The van der Waals surface area contributed by atoms with Crippen LogP contribution in [0.4, 0.5) is 0 Å². The summed E-state index contributed by atoms with van der Waals surface area (Å²) in [6.07, 6.45) is 0. The molecule has 0 unspecified atom stereocenters. The van der Waals surface area contributed by atoms with Crippen molar-refractivity contribution in [3.05, 3.63) is 64.6 Å². The molecule has 0 amide bonds. The van der Waals surface area contributed by atoms with Crippen LogP contribution in [0.2, 0.25) is 0 Å². The van der Waals surface area contributed by atoms with Gasteiger partial charge in [0.05, 0.1) is 16.8 Å². The van der Waals surface area contributed by atoms with E-state index in [-0.39, 0.29) is 5.56 Å². The van der Waals surface area contributed by atoms with Gasteiger partial charge < -0.3 is 5.11 Å². The van der Waals surface area contributed by atoms with Crippen molar-refractivity contribution in [3.63, 3.8) is 0 Å². The molecule has 1 aromatic heterocycles. The molecule has 0 saturated carbocycles. The van der Waals surface area contributed by atoms with Crippen molar-refractivity contribution < 1.29 is 9.90 Å². The number of nitrogens with zero attached hydrogens (tertiary/aromatic N) is 1. The van der Waals surface area contributed by atoms with Crippen LogP contribution in [0.3, 0.4) is 0 Å². The topological polar surface area (TPSA) is 50.2 Å². The molecular formula is C16H10BrNO2. The largest absolute Gasteiger partial charge is 0.478 e. The molecule has 0 radical (unpaired) electrons. The summed E-state index contributed by atoms with van der Waals surface area (Å²) >= 11 is 3.39. The minimum Gasteiger partial charge on any atom is -0.478 e. The quantitative estimate of drug-likeness (QED) is 0.760. The Morgan fingerprint density at radius 2 is 1.80 bits per heavy atom. The number of hydrogen-bond acceptors (Lipinski definition) is 2. The summed E-state index contributed by atoms with van der Waals surface area (Å²) in [5.74, 6) is -0.957. The molecule has 4 heteroatoms. The van der Waals surface area contributed by atoms with Gasteiger partial charge >= 0.3 is 5.97 Å². The van der Waals surface area contributed by atoms with Crippen LogP contribution in [0.25, 0.3) is 22.2 Å². The Morgan fingerprint density at radius 1 is 1.05 bits per heavy atom. The molecule has 0 atom stereocenters. The highest BCUT2D eigenvalue weighted by molar-refractivity contribution is 9.10. The first kappa shape index (κ1) is 12.8. The first-order valence-corrected chi connectivity index (χ1v) is 6.84. The number of halogens is 1. The SMILES string of the molecule is O=C(O)c1cc(-c2ccccc2)nc2cccc(Br)c12. The Morgan fingerprint density at radius 3 is 2.50 bits per heavy atom. The third kappa shape index (κ3) is 2.18. The number of aromatic nitrogens is 1. The Balaban J connectivity index is 2.35. The number of carboxylic acids is 1. The van der Waals surface area contributed by atoms with E-state index < -0.39 is 5.97 Å². The number of pyridine rings is 1. The number of benzene rings is 2. The lowest BCUT2D eigenvalue weighted by molar-refractivity contribution is 0.0699. The van der Waals surface area contributed by atoms with Gasteiger partial charge in [-0.05, 0) is 18.2 Å². The van der Waals surface area contributed by atoms with E-state index in [1.165, 1.54) is 0 Å². The summed E-state index contributed by atoms with van der Waals surface area (Å²) in [4.78, 5) is 16.1. The number of fused-ring (bicyclic) bond motifs is 1. The fraction of sp³-hybridized carbons (Fsp3) is 0. The molecule has 0 aliphatic heterocycles. The molecule has 0 saturated heterocycles. The standard InChI is InChI=1S/C16H10BrNO2/c17-12-7-4-8-13-15(12)11(16(19)20)9-14(18-13)10-5-2-1-3-6-10/h1-9H,(H,19,20). The van der Waals surface area contributed by atoms with Crippen molar-refractivity contribution in [1.29, 1.82) is 0 Å². The summed E-state index contributed by atoms with van der Waals surface area (Å²) in [5.41, 5.74) is 2.48. The average Bonchev–Trinajstić information content (AvgIpc) is 2.47. The van der Waals surface area contributed by atoms with Crippen molar-refractivity contribution >= 4 is 32.8 Å². The fourth-order valence-electron chi connectivity index (χ4n) is 2.17. The molecule has 2 aromatic carbocycles. The first-order chi connectivity index (χ1) is 9.66. The lowest BCUT2D eigenvalue weighted by Gasteiger charge is -2.08. The van der Waals surface area contributed by atoms with E-state index in [4.69, 9.17) is 0 Å². The van der Waals surface area contributed by atoms with Crippen LogP contribution in [0.5, 0.6) is 0 Å². The average molecular weight is 328 g/mol. The fourth-order valence-corrected chi connectivity index (χ4v) is 2.74. The van der Waals surface area contributed by atoms with Crippen molar-refractivity contribution in [3.8, 4) is 11.3 Å². The molecule has 0 bridgehead atoms. The zero-order valence-electron chi connectivity index (χ0n) is 10.4. The second kappa shape index (κ2) is 5.06. The van der Waals surface area contributed by atoms with E-state index in [2.05, 4.69) is 20.9 Å². The van der Waals surface area contributed by atoms with E-state index in [9.17, 15) is 9.90 Å².